The summed E-state index contributed by atoms with van der Waals surface area (Å²) in [7, 11) is 0. The molecule has 1 aliphatic heterocycles. The lowest BCUT2D eigenvalue weighted by atomic mass is 10.3. The first-order valence-corrected chi connectivity index (χ1v) is 9.16. The molecule has 1 aliphatic rings. The zero-order chi connectivity index (χ0) is 17.8. The van der Waals surface area contributed by atoms with Crippen LogP contribution in [0.3, 0.4) is 0 Å². The van der Waals surface area contributed by atoms with Gasteiger partial charge in [0.25, 0.3) is 11.8 Å². The van der Waals surface area contributed by atoms with E-state index < -0.39 is 0 Å². The molecule has 8 heteroatoms. The normalized spacial score (nSPS) is 14.5. The second-order valence-corrected chi connectivity index (χ2v) is 7.17. The van der Waals surface area contributed by atoms with E-state index in [1.165, 1.54) is 11.3 Å². The molecule has 2 aromatic rings. The number of amides is 2. The Hall–Kier alpha value is -2.12. The lowest BCUT2D eigenvalue weighted by Gasteiger charge is -2.34. The number of piperazine rings is 1. The summed E-state index contributed by atoms with van der Waals surface area (Å²) in [6, 6.07) is 6.88. The molecule has 0 atom stereocenters. The fourth-order valence-corrected chi connectivity index (χ4v) is 3.26. The predicted octanol–water partition coefficient (Wildman–Crippen LogP) is 2.47. The molecule has 25 heavy (non-hydrogen) atoms. The van der Waals surface area contributed by atoms with Gasteiger partial charge < -0.3 is 14.5 Å². The zero-order valence-corrected chi connectivity index (χ0v) is 15.3. The Balaban J connectivity index is 1.47. The molecule has 0 saturated carbocycles. The Morgan fingerprint density at radius 1 is 1.16 bits per heavy atom. The highest BCUT2D eigenvalue weighted by Gasteiger charge is 2.26. The van der Waals surface area contributed by atoms with E-state index in [0.717, 1.165) is 5.01 Å². The van der Waals surface area contributed by atoms with E-state index in [0.29, 0.717) is 42.6 Å². The van der Waals surface area contributed by atoms with Crippen molar-refractivity contribution in [3.8, 4) is 5.75 Å². The van der Waals surface area contributed by atoms with Gasteiger partial charge in [0.1, 0.15) is 11.4 Å². The van der Waals surface area contributed by atoms with Gasteiger partial charge >= 0.3 is 0 Å². The Morgan fingerprint density at radius 3 is 2.40 bits per heavy atom. The molecule has 1 aromatic heterocycles. The smallest absolute Gasteiger partial charge is 0.273 e. The van der Waals surface area contributed by atoms with Crippen molar-refractivity contribution in [1.29, 1.82) is 0 Å². The number of thiazole rings is 1. The average Bonchev–Trinajstić information content (AvgIpc) is 3.07. The van der Waals surface area contributed by atoms with Crippen molar-refractivity contribution < 1.29 is 14.3 Å². The Kier molecular flexibility index (Phi) is 5.55. The van der Waals surface area contributed by atoms with Crippen LogP contribution in [-0.2, 0) is 4.79 Å². The van der Waals surface area contributed by atoms with Crippen molar-refractivity contribution in [3.63, 3.8) is 0 Å². The molecule has 1 saturated heterocycles. The lowest BCUT2D eigenvalue weighted by Crippen LogP contribution is -2.51. The molecule has 2 heterocycles. The molecule has 1 aromatic carbocycles. The van der Waals surface area contributed by atoms with Gasteiger partial charge in [0, 0.05) is 36.6 Å². The minimum Gasteiger partial charge on any atom is -0.484 e. The molecule has 6 nitrogen and oxygen atoms in total. The van der Waals surface area contributed by atoms with E-state index in [1.54, 1.807) is 39.4 Å². The summed E-state index contributed by atoms with van der Waals surface area (Å²) in [6.45, 7) is 3.85. The number of benzene rings is 1. The Bertz CT molecular complexity index is 755. The molecule has 3 rings (SSSR count). The van der Waals surface area contributed by atoms with Crippen LogP contribution >= 0.6 is 22.9 Å². The number of hydrogen-bond acceptors (Lipinski definition) is 5. The maximum Gasteiger partial charge on any atom is 0.273 e. The maximum atomic E-state index is 12.4. The van der Waals surface area contributed by atoms with E-state index in [-0.39, 0.29) is 18.4 Å². The molecule has 2 amide bonds. The van der Waals surface area contributed by atoms with Gasteiger partial charge in [-0.2, -0.15) is 0 Å². The van der Waals surface area contributed by atoms with E-state index in [4.69, 9.17) is 16.3 Å². The van der Waals surface area contributed by atoms with Crippen molar-refractivity contribution in [2.45, 2.75) is 6.92 Å². The molecule has 0 aliphatic carbocycles. The van der Waals surface area contributed by atoms with Gasteiger partial charge in [-0.15, -0.1) is 11.3 Å². The number of nitrogens with zero attached hydrogens (tertiary/aromatic N) is 3. The first-order chi connectivity index (χ1) is 12.0. The van der Waals surface area contributed by atoms with Crippen molar-refractivity contribution in [3.05, 3.63) is 45.4 Å². The van der Waals surface area contributed by atoms with Crippen LogP contribution in [0.15, 0.2) is 29.6 Å². The first-order valence-electron chi connectivity index (χ1n) is 7.90. The van der Waals surface area contributed by atoms with E-state index in [2.05, 4.69) is 4.98 Å². The topological polar surface area (TPSA) is 62.7 Å². The highest BCUT2D eigenvalue weighted by atomic mass is 35.5. The summed E-state index contributed by atoms with van der Waals surface area (Å²) in [5.74, 6) is 0.436. The number of aryl methyl sites for hydroxylation is 1. The van der Waals surface area contributed by atoms with Crippen molar-refractivity contribution >= 4 is 34.8 Å². The minimum absolute atomic E-state index is 0.0269. The molecular weight excluding hydrogens is 362 g/mol. The van der Waals surface area contributed by atoms with Crippen LogP contribution in [0.1, 0.15) is 15.5 Å². The molecule has 0 radical (unpaired) electrons. The molecular formula is C17H18ClN3O3S. The van der Waals surface area contributed by atoms with Crippen LogP contribution in [0.5, 0.6) is 5.75 Å². The monoisotopic (exact) mass is 379 g/mol. The van der Waals surface area contributed by atoms with Gasteiger partial charge in [0.2, 0.25) is 0 Å². The second-order valence-electron chi connectivity index (χ2n) is 5.67. The largest absolute Gasteiger partial charge is 0.484 e. The van der Waals surface area contributed by atoms with E-state index in [9.17, 15) is 9.59 Å². The average molecular weight is 380 g/mol. The summed E-state index contributed by atoms with van der Waals surface area (Å²) in [5.41, 5.74) is 0.480. The van der Waals surface area contributed by atoms with Crippen LogP contribution in [0, 0.1) is 6.92 Å². The number of carbonyl (C=O) groups is 2. The number of aromatic nitrogens is 1. The third-order valence-corrected chi connectivity index (χ3v) is 4.96. The first kappa shape index (κ1) is 17.7. The van der Waals surface area contributed by atoms with Crippen molar-refractivity contribution in [2.75, 3.05) is 32.8 Å². The van der Waals surface area contributed by atoms with Crippen LogP contribution in [0.2, 0.25) is 5.02 Å². The standard InChI is InChI=1S/C17H18ClN3O3S/c1-12-19-15(11-25-12)17(23)21-8-6-20(7-9-21)16(22)10-24-14-4-2-13(18)3-5-14/h2-5,11H,6-10H2,1H3. The number of rotatable bonds is 4. The number of hydrogen-bond donors (Lipinski definition) is 0. The molecule has 1 fully saturated rings. The van der Waals surface area contributed by atoms with Gasteiger partial charge in [0.05, 0.1) is 5.01 Å². The van der Waals surface area contributed by atoms with Gasteiger partial charge in [-0.05, 0) is 31.2 Å². The summed E-state index contributed by atoms with van der Waals surface area (Å²) in [6.07, 6.45) is 0. The van der Waals surface area contributed by atoms with Crippen LogP contribution in [0.25, 0.3) is 0 Å². The van der Waals surface area contributed by atoms with Crippen molar-refractivity contribution in [2.24, 2.45) is 0 Å². The number of ether oxygens (including phenoxy) is 1. The van der Waals surface area contributed by atoms with Gasteiger partial charge in [0.15, 0.2) is 6.61 Å². The lowest BCUT2D eigenvalue weighted by molar-refractivity contribution is -0.134. The number of carbonyl (C=O) groups excluding carboxylic acids is 2. The maximum absolute atomic E-state index is 12.4. The minimum atomic E-state index is -0.0912. The Labute approximate surface area is 155 Å². The number of halogens is 1. The summed E-state index contributed by atoms with van der Waals surface area (Å²) < 4.78 is 5.48. The predicted molar refractivity (Wildman–Crippen MR) is 96.3 cm³/mol. The zero-order valence-electron chi connectivity index (χ0n) is 13.8. The van der Waals surface area contributed by atoms with Crippen molar-refractivity contribution in [1.82, 2.24) is 14.8 Å². The fourth-order valence-electron chi connectivity index (χ4n) is 2.55. The highest BCUT2D eigenvalue weighted by molar-refractivity contribution is 7.09. The van der Waals surface area contributed by atoms with E-state index in [1.807, 2.05) is 6.92 Å². The fraction of sp³-hybridized carbons (Fsp3) is 0.353. The third kappa shape index (κ3) is 4.49. The summed E-state index contributed by atoms with van der Waals surface area (Å²) in [5, 5.41) is 3.26. The SMILES string of the molecule is Cc1nc(C(=O)N2CCN(C(=O)COc3ccc(Cl)cc3)CC2)cs1. The molecule has 0 unspecified atom stereocenters. The molecule has 0 N–H and O–H groups in total. The third-order valence-electron chi connectivity index (χ3n) is 3.93. The van der Waals surface area contributed by atoms with Crippen LogP contribution in [0.4, 0.5) is 0 Å². The quantitative estimate of drug-likeness (QED) is 0.818. The molecule has 0 bridgehead atoms. The van der Waals surface area contributed by atoms with E-state index >= 15 is 0 Å². The summed E-state index contributed by atoms with van der Waals surface area (Å²) >= 11 is 7.27. The summed E-state index contributed by atoms with van der Waals surface area (Å²) in [4.78, 5) is 32.3. The molecule has 0 spiro atoms. The second kappa shape index (κ2) is 7.84. The van der Waals surface area contributed by atoms with Crippen LogP contribution in [-0.4, -0.2) is 59.4 Å². The van der Waals surface area contributed by atoms with Crippen LogP contribution < -0.4 is 4.74 Å². The highest BCUT2D eigenvalue weighted by Crippen LogP contribution is 2.16. The van der Waals surface area contributed by atoms with Gasteiger partial charge in [-0.1, -0.05) is 11.6 Å². The molecule has 132 valence electrons. The Morgan fingerprint density at radius 2 is 1.80 bits per heavy atom. The van der Waals surface area contributed by atoms with Gasteiger partial charge in [-0.25, -0.2) is 4.98 Å². The van der Waals surface area contributed by atoms with Gasteiger partial charge in [-0.3, -0.25) is 9.59 Å².